The topological polar surface area (TPSA) is 44.8 Å². The number of allylic oxidation sites excluding steroid dienone is 2. The van der Waals surface area contributed by atoms with Crippen LogP contribution in [0.3, 0.4) is 0 Å². The molecule has 4 nitrogen and oxygen atoms in total. The number of carbonyl (C=O) groups excluding carboxylic acids is 1. The smallest absolute Gasteiger partial charge is 0.185 e. The third-order valence-electron chi connectivity index (χ3n) is 4.66. The maximum atomic E-state index is 13.0. The molecule has 0 unspecified atom stereocenters. The van der Waals surface area contributed by atoms with Crippen LogP contribution in [0.4, 0.5) is 0 Å². The minimum atomic E-state index is 0.0916. The van der Waals surface area contributed by atoms with Gasteiger partial charge in [0.05, 0.1) is 21.3 Å². The molecular formula is C23H24O4. The summed E-state index contributed by atoms with van der Waals surface area (Å²) in [7, 11) is 4.87. The Morgan fingerprint density at radius 3 is 2.07 bits per heavy atom. The van der Waals surface area contributed by atoms with Gasteiger partial charge in [-0.25, -0.2) is 0 Å². The third kappa shape index (κ3) is 4.40. The van der Waals surface area contributed by atoms with E-state index < -0.39 is 0 Å². The van der Waals surface area contributed by atoms with Crippen LogP contribution >= 0.6 is 0 Å². The summed E-state index contributed by atoms with van der Waals surface area (Å²) in [6.45, 7) is 0. The molecule has 0 saturated heterocycles. The van der Waals surface area contributed by atoms with Crippen LogP contribution in [0.5, 0.6) is 17.2 Å². The lowest BCUT2D eigenvalue weighted by Gasteiger charge is -2.17. The number of carbonyl (C=O) groups is 1. The Bertz CT molecular complexity index is 871. The van der Waals surface area contributed by atoms with Crippen molar-refractivity contribution < 1.29 is 19.0 Å². The number of benzene rings is 2. The fourth-order valence-electron chi connectivity index (χ4n) is 3.27. The molecule has 1 aliphatic carbocycles. The van der Waals surface area contributed by atoms with Crippen molar-refractivity contribution in [3.63, 3.8) is 0 Å². The Kier molecular flexibility index (Phi) is 5.97. The average Bonchev–Trinajstić information content (AvgIpc) is 2.71. The molecular weight excluding hydrogens is 340 g/mol. The highest BCUT2D eigenvalue weighted by atomic mass is 16.5. The molecule has 0 atom stereocenters. The van der Waals surface area contributed by atoms with Crippen LogP contribution in [0, 0.1) is 0 Å². The van der Waals surface area contributed by atoms with Crippen molar-refractivity contribution in [1.29, 1.82) is 0 Å². The number of hydrogen-bond donors (Lipinski definition) is 0. The Morgan fingerprint density at radius 2 is 1.44 bits per heavy atom. The lowest BCUT2D eigenvalue weighted by Crippen LogP contribution is -2.12. The fourth-order valence-corrected chi connectivity index (χ4v) is 3.27. The number of ketones is 1. The molecule has 140 valence electrons. The summed E-state index contributed by atoms with van der Waals surface area (Å²) in [4.78, 5) is 13.0. The van der Waals surface area contributed by atoms with Crippen molar-refractivity contribution in [3.8, 4) is 17.2 Å². The highest BCUT2D eigenvalue weighted by Gasteiger charge is 2.21. The third-order valence-corrected chi connectivity index (χ3v) is 4.66. The van der Waals surface area contributed by atoms with E-state index in [-0.39, 0.29) is 5.78 Å². The van der Waals surface area contributed by atoms with E-state index in [2.05, 4.69) is 0 Å². The highest BCUT2D eigenvalue weighted by molar-refractivity contribution is 6.14. The lowest BCUT2D eigenvalue weighted by atomic mass is 9.86. The molecule has 0 N–H and O–H groups in total. The Balaban J connectivity index is 1.93. The maximum Gasteiger partial charge on any atom is 0.185 e. The molecule has 1 saturated carbocycles. The molecule has 3 rings (SSSR count). The second kappa shape index (κ2) is 8.58. The van der Waals surface area contributed by atoms with Crippen LogP contribution in [0.2, 0.25) is 0 Å². The van der Waals surface area contributed by atoms with E-state index in [9.17, 15) is 4.79 Å². The molecule has 27 heavy (non-hydrogen) atoms. The van der Waals surface area contributed by atoms with Crippen molar-refractivity contribution in [2.24, 2.45) is 0 Å². The minimum Gasteiger partial charge on any atom is -0.497 e. The summed E-state index contributed by atoms with van der Waals surface area (Å²) in [5.41, 5.74) is 3.44. The summed E-state index contributed by atoms with van der Waals surface area (Å²) >= 11 is 0. The molecule has 0 spiro atoms. The molecule has 4 heteroatoms. The number of Topliss-reactive ketones (excluding diaryl/α,β-unsaturated/α-hetero) is 1. The van der Waals surface area contributed by atoms with Crippen molar-refractivity contribution in [3.05, 3.63) is 64.7 Å². The zero-order chi connectivity index (χ0) is 19.2. The number of ether oxygens (including phenoxy) is 3. The van der Waals surface area contributed by atoms with Crippen LogP contribution in [0.15, 0.2) is 53.6 Å². The molecule has 2 aromatic rings. The average molecular weight is 364 g/mol. The van der Waals surface area contributed by atoms with E-state index in [0.717, 1.165) is 47.3 Å². The number of para-hydroxylation sites is 1. The van der Waals surface area contributed by atoms with Crippen molar-refractivity contribution in [2.45, 2.75) is 19.3 Å². The van der Waals surface area contributed by atoms with Gasteiger partial charge in [-0.2, -0.15) is 0 Å². The Morgan fingerprint density at radius 1 is 0.815 bits per heavy atom. The zero-order valence-corrected chi connectivity index (χ0v) is 16.0. The van der Waals surface area contributed by atoms with Gasteiger partial charge in [0.15, 0.2) is 5.78 Å². The maximum absolute atomic E-state index is 13.0. The van der Waals surface area contributed by atoms with Gasteiger partial charge in [-0.15, -0.1) is 0 Å². The van der Waals surface area contributed by atoms with E-state index in [0.29, 0.717) is 11.5 Å². The molecule has 0 heterocycles. The summed E-state index contributed by atoms with van der Waals surface area (Å²) in [5.74, 6) is 2.27. The highest BCUT2D eigenvalue weighted by Crippen LogP contribution is 2.31. The van der Waals surface area contributed by atoms with E-state index in [4.69, 9.17) is 14.2 Å². The minimum absolute atomic E-state index is 0.0916. The van der Waals surface area contributed by atoms with Gasteiger partial charge >= 0.3 is 0 Å². The quantitative estimate of drug-likeness (QED) is 0.706. The van der Waals surface area contributed by atoms with Gasteiger partial charge in [0.2, 0.25) is 0 Å². The molecule has 1 fully saturated rings. The van der Waals surface area contributed by atoms with Crippen LogP contribution in [-0.4, -0.2) is 27.1 Å². The Hall–Kier alpha value is -3.01. The molecule has 0 radical (unpaired) electrons. The number of rotatable bonds is 5. The van der Waals surface area contributed by atoms with Gasteiger partial charge in [-0.1, -0.05) is 18.2 Å². The monoisotopic (exact) mass is 364 g/mol. The SMILES string of the molecule is COc1cc(/C=C2\CCC/C(=C\c3ccccc3OC)C2=O)cc(OC)c1. The van der Waals surface area contributed by atoms with Gasteiger partial charge in [0.25, 0.3) is 0 Å². The van der Waals surface area contributed by atoms with E-state index in [1.165, 1.54) is 0 Å². The summed E-state index contributed by atoms with van der Waals surface area (Å²) in [5, 5.41) is 0. The van der Waals surface area contributed by atoms with E-state index >= 15 is 0 Å². The summed E-state index contributed by atoms with van der Waals surface area (Å²) in [6, 6.07) is 13.4. The molecule has 0 bridgehead atoms. The predicted molar refractivity (Wildman–Crippen MR) is 107 cm³/mol. The molecule has 0 aliphatic heterocycles. The first-order valence-electron chi connectivity index (χ1n) is 8.96. The first-order chi connectivity index (χ1) is 13.1. The second-order valence-electron chi connectivity index (χ2n) is 6.41. The predicted octanol–water partition coefficient (Wildman–Crippen LogP) is 4.93. The van der Waals surface area contributed by atoms with Crippen LogP contribution < -0.4 is 14.2 Å². The summed E-state index contributed by atoms with van der Waals surface area (Å²) < 4.78 is 16.0. The van der Waals surface area contributed by atoms with Gasteiger partial charge in [-0.05, 0) is 55.2 Å². The van der Waals surface area contributed by atoms with E-state index in [1.54, 1.807) is 21.3 Å². The lowest BCUT2D eigenvalue weighted by molar-refractivity contribution is -0.112. The van der Waals surface area contributed by atoms with Crippen molar-refractivity contribution in [1.82, 2.24) is 0 Å². The molecule has 1 aliphatic rings. The van der Waals surface area contributed by atoms with Crippen molar-refractivity contribution >= 4 is 17.9 Å². The zero-order valence-electron chi connectivity index (χ0n) is 16.0. The fraction of sp³-hybridized carbons (Fsp3) is 0.261. The van der Waals surface area contributed by atoms with Crippen LogP contribution in [0.1, 0.15) is 30.4 Å². The van der Waals surface area contributed by atoms with Crippen LogP contribution in [0.25, 0.3) is 12.2 Å². The standard InChI is InChI=1S/C23H24O4/c1-25-20-12-16(13-21(15-20)26-2)11-18-8-6-9-19(23(18)24)14-17-7-4-5-10-22(17)27-3/h4-5,7,10-15H,6,8-9H2,1-3H3/b18-11+,19-14+. The van der Waals surface area contributed by atoms with Gasteiger partial charge in [0, 0.05) is 22.8 Å². The number of methoxy groups -OCH3 is 3. The normalized spacial score (nSPS) is 17.2. The van der Waals surface area contributed by atoms with Crippen molar-refractivity contribution in [2.75, 3.05) is 21.3 Å². The van der Waals surface area contributed by atoms with E-state index in [1.807, 2.05) is 54.6 Å². The first-order valence-corrected chi connectivity index (χ1v) is 8.96. The number of hydrogen-bond acceptors (Lipinski definition) is 4. The molecule has 0 aromatic heterocycles. The second-order valence-corrected chi connectivity index (χ2v) is 6.41. The Labute approximate surface area is 160 Å². The van der Waals surface area contributed by atoms with Gasteiger partial charge < -0.3 is 14.2 Å². The molecule has 0 amide bonds. The van der Waals surface area contributed by atoms with Gasteiger partial charge in [0.1, 0.15) is 17.2 Å². The largest absolute Gasteiger partial charge is 0.497 e. The van der Waals surface area contributed by atoms with Gasteiger partial charge in [-0.3, -0.25) is 4.79 Å². The molecule has 2 aromatic carbocycles. The first kappa shape index (κ1) is 18.8. The van der Waals surface area contributed by atoms with Crippen LogP contribution in [-0.2, 0) is 4.79 Å². The summed E-state index contributed by atoms with van der Waals surface area (Å²) in [6.07, 6.45) is 6.36.